The Bertz CT molecular complexity index is 1270. The van der Waals surface area contributed by atoms with Crippen molar-refractivity contribution in [2.45, 2.75) is 65.9 Å². The second-order valence-electron chi connectivity index (χ2n) is 11.2. The molecule has 4 nitrogen and oxygen atoms in total. The lowest BCUT2D eigenvalue weighted by molar-refractivity contribution is 0.292. The van der Waals surface area contributed by atoms with E-state index in [1.807, 2.05) is 43.4 Å². The van der Waals surface area contributed by atoms with Gasteiger partial charge in [0, 0.05) is 13.1 Å². The van der Waals surface area contributed by atoms with Gasteiger partial charge in [-0.25, -0.2) is 4.98 Å². The lowest BCUT2D eigenvalue weighted by Gasteiger charge is -2.26. The fraction of sp³-hybridized carbons (Fsp3) is 0.367. The molecule has 34 heavy (non-hydrogen) atoms. The van der Waals surface area contributed by atoms with E-state index in [-0.39, 0.29) is 10.8 Å². The summed E-state index contributed by atoms with van der Waals surface area (Å²) in [6, 6.07) is 20.7. The summed E-state index contributed by atoms with van der Waals surface area (Å²) in [4.78, 5) is 4.77. The average molecular weight is 457 g/mol. The third kappa shape index (κ3) is 5.27. The molecule has 0 amide bonds. The zero-order chi connectivity index (χ0) is 24.7. The molecular weight excluding hydrogens is 420 g/mol. The first-order valence-corrected chi connectivity index (χ1v) is 11.9. The van der Waals surface area contributed by atoms with Crippen molar-refractivity contribution in [3.05, 3.63) is 83.2 Å². The van der Waals surface area contributed by atoms with Gasteiger partial charge in [0.15, 0.2) is 0 Å². The van der Waals surface area contributed by atoms with E-state index in [9.17, 15) is 0 Å². The minimum atomic E-state index is 0.0394. The molecule has 4 aromatic rings. The van der Waals surface area contributed by atoms with Crippen molar-refractivity contribution in [1.29, 1.82) is 0 Å². The van der Waals surface area contributed by atoms with Crippen LogP contribution >= 0.6 is 0 Å². The molecule has 0 bridgehead atoms. The van der Waals surface area contributed by atoms with E-state index >= 15 is 0 Å². The van der Waals surface area contributed by atoms with Gasteiger partial charge in [-0.15, -0.1) is 0 Å². The van der Waals surface area contributed by atoms with Crippen molar-refractivity contribution in [2.75, 3.05) is 0 Å². The molecule has 4 rings (SSSR count). The monoisotopic (exact) mass is 456 g/mol. The molecule has 0 aliphatic rings. The van der Waals surface area contributed by atoms with E-state index in [1.165, 1.54) is 16.7 Å². The Kier molecular flexibility index (Phi) is 6.20. The fourth-order valence-electron chi connectivity index (χ4n) is 3.85. The summed E-state index contributed by atoms with van der Waals surface area (Å²) in [7, 11) is 2.02. The number of hydrogen-bond donors (Lipinski definition) is 0. The average Bonchev–Trinajstić information content (AvgIpc) is 3.07. The molecule has 0 radical (unpaired) electrons. The number of imidazole rings is 1. The Morgan fingerprint density at radius 2 is 1.32 bits per heavy atom. The normalized spacial score (nSPS) is 12.2. The molecule has 0 N–H and O–H groups in total. The predicted octanol–water partition coefficient (Wildman–Crippen LogP) is 7.85. The van der Waals surface area contributed by atoms with Gasteiger partial charge in [-0.3, -0.25) is 0 Å². The van der Waals surface area contributed by atoms with Crippen LogP contribution in [0.25, 0.3) is 11.0 Å². The van der Waals surface area contributed by atoms with Gasteiger partial charge in [0.25, 0.3) is 0 Å². The summed E-state index contributed by atoms with van der Waals surface area (Å²) in [6.07, 6.45) is 0. The molecular formula is C30H36N2O2. The van der Waals surface area contributed by atoms with E-state index < -0.39 is 0 Å². The van der Waals surface area contributed by atoms with Crippen LogP contribution in [0.4, 0.5) is 0 Å². The molecule has 0 saturated carbocycles. The van der Waals surface area contributed by atoms with E-state index in [0.29, 0.717) is 6.61 Å². The largest absolute Gasteiger partial charge is 0.486 e. The summed E-state index contributed by atoms with van der Waals surface area (Å²) < 4.78 is 14.4. The molecule has 0 aliphatic heterocycles. The number of aromatic nitrogens is 2. The third-order valence-electron chi connectivity index (χ3n) is 6.21. The molecule has 0 saturated heterocycles. The van der Waals surface area contributed by atoms with Crippen LogP contribution in [-0.4, -0.2) is 9.55 Å². The van der Waals surface area contributed by atoms with Crippen LogP contribution < -0.4 is 9.47 Å². The summed E-state index contributed by atoms with van der Waals surface area (Å²) in [5.74, 6) is 3.38. The van der Waals surface area contributed by atoms with Gasteiger partial charge in [0.05, 0.1) is 11.0 Å². The quantitative estimate of drug-likeness (QED) is 0.307. The maximum absolute atomic E-state index is 6.39. The van der Waals surface area contributed by atoms with Crippen LogP contribution in [0.15, 0.2) is 60.7 Å². The third-order valence-corrected chi connectivity index (χ3v) is 6.21. The molecule has 3 aromatic carbocycles. The second-order valence-corrected chi connectivity index (χ2v) is 11.2. The smallest absolute Gasteiger partial charge is 0.147 e. The van der Waals surface area contributed by atoms with Crippen molar-refractivity contribution in [2.24, 2.45) is 7.05 Å². The van der Waals surface area contributed by atoms with Gasteiger partial charge < -0.3 is 14.0 Å². The van der Waals surface area contributed by atoms with Crippen LogP contribution in [0.2, 0.25) is 0 Å². The van der Waals surface area contributed by atoms with Crippen molar-refractivity contribution in [1.82, 2.24) is 9.55 Å². The number of fused-ring (bicyclic) bond motifs is 1. The summed E-state index contributed by atoms with van der Waals surface area (Å²) >= 11 is 0. The summed E-state index contributed by atoms with van der Waals surface area (Å²) in [5, 5.41) is 0. The zero-order valence-corrected chi connectivity index (χ0v) is 21.7. The number of nitrogens with zero attached hydrogens (tertiary/aromatic N) is 2. The van der Waals surface area contributed by atoms with Crippen LogP contribution in [0.1, 0.15) is 64.1 Å². The molecule has 1 heterocycles. The minimum Gasteiger partial charge on any atom is -0.486 e. The predicted molar refractivity (Wildman–Crippen MR) is 140 cm³/mol. The Labute approximate surface area is 203 Å². The number of hydrogen-bond acceptors (Lipinski definition) is 3. The van der Waals surface area contributed by atoms with Gasteiger partial charge >= 0.3 is 0 Å². The number of rotatable bonds is 5. The summed E-state index contributed by atoms with van der Waals surface area (Å²) in [5.41, 5.74) is 5.78. The van der Waals surface area contributed by atoms with E-state index in [0.717, 1.165) is 34.1 Å². The maximum atomic E-state index is 6.39. The Hall–Kier alpha value is -3.27. The highest BCUT2D eigenvalue weighted by Gasteiger charge is 2.21. The van der Waals surface area contributed by atoms with Gasteiger partial charge in [-0.1, -0.05) is 65.3 Å². The van der Waals surface area contributed by atoms with E-state index in [4.69, 9.17) is 14.5 Å². The maximum Gasteiger partial charge on any atom is 0.147 e. The topological polar surface area (TPSA) is 36.3 Å². The zero-order valence-electron chi connectivity index (χ0n) is 21.7. The molecule has 0 spiro atoms. The number of aryl methyl sites for hydroxylation is 2. The van der Waals surface area contributed by atoms with Crippen molar-refractivity contribution in [3.63, 3.8) is 0 Å². The highest BCUT2D eigenvalue weighted by atomic mass is 16.5. The van der Waals surface area contributed by atoms with Gasteiger partial charge in [-0.2, -0.15) is 0 Å². The fourth-order valence-corrected chi connectivity index (χ4v) is 3.85. The molecule has 0 fully saturated rings. The molecule has 0 atom stereocenters. The first kappa shape index (κ1) is 23.9. The Morgan fingerprint density at radius 1 is 0.735 bits per heavy atom. The summed E-state index contributed by atoms with van der Waals surface area (Å²) in [6.45, 7) is 15.9. The van der Waals surface area contributed by atoms with Crippen LogP contribution in [0.3, 0.4) is 0 Å². The van der Waals surface area contributed by atoms with E-state index in [2.05, 4.69) is 77.3 Å². The minimum absolute atomic E-state index is 0.0394. The van der Waals surface area contributed by atoms with Gasteiger partial charge in [0.1, 0.15) is 29.7 Å². The molecule has 178 valence electrons. The second kappa shape index (κ2) is 8.83. The van der Waals surface area contributed by atoms with Crippen molar-refractivity contribution < 1.29 is 9.47 Å². The highest BCUT2D eigenvalue weighted by Crippen LogP contribution is 2.35. The van der Waals surface area contributed by atoms with Gasteiger partial charge in [-0.05, 0) is 65.3 Å². The Morgan fingerprint density at radius 3 is 1.91 bits per heavy atom. The van der Waals surface area contributed by atoms with Crippen LogP contribution in [0.5, 0.6) is 17.2 Å². The van der Waals surface area contributed by atoms with Crippen LogP contribution in [0, 0.1) is 6.92 Å². The number of ether oxygens (including phenoxy) is 2. The highest BCUT2D eigenvalue weighted by molar-refractivity contribution is 5.77. The lowest BCUT2D eigenvalue weighted by atomic mass is 9.80. The number of benzene rings is 3. The van der Waals surface area contributed by atoms with E-state index in [1.54, 1.807) is 0 Å². The van der Waals surface area contributed by atoms with Crippen molar-refractivity contribution >= 4 is 11.0 Å². The van der Waals surface area contributed by atoms with Gasteiger partial charge in [0.2, 0.25) is 0 Å². The molecule has 1 aromatic heterocycles. The first-order valence-electron chi connectivity index (χ1n) is 11.9. The standard InChI is InChI=1S/C30H36N2O2/c1-20-9-11-23(12-10-20)33-19-28-31-26-14-13-24(18-27(26)32(28)8)34-25-16-21(29(2,3)4)15-22(17-25)30(5,6)7/h9-18H,19H2,1-8H3. The molecule has 0 unspecified atom stereocenters. The Balaban J connectivity index is 1.61. The molecule has 0 aliphatic carbocycles. The molecule has 4 heteroatoms. The SMILES string of the molecule is Cc1ccc(OCc2nc3ccc(Oc4cc(C(C)(C)C)cc(C(C)(C)C)c4)cc3n2C)cc1. The van der Waals surface area contributed by atoms with Crippen LogP contribution in [-0.2, 0) is 24.5 Å². The van der Waals surface area contributed by atoms with Crippen molar-refractivity contribution in [3.8, 4) is 17.2 Å². The lowest BCUT2D eigenvalue weighted by Crippen LogP contribution is -2.16. The first-order chi connectivity index (χ1) is 15.9.